The first kappa shape index (κ1) is 13.5. The summed E-state index contributed by atoms with van der Waals surface area (Å²) in [5.74, 6) is 0.106. The van der Waals surface area contributed by atoms with E-state index in [0.29, 0.717) is 0 Å². The largest absolute Gasteiger partial charge is 0.295 e. The van der Waals surface area contributed by atoms with Crippen molar-refractivity contribution >= 4 is 16.7 Å². The summed E-state index contributed by atoms with van der Waals surface area (Å²) in [4.78, 5) is 11.3. The minimum absolute atomic E-state index is 0.106. The molecule has 2 nitrogen and oxygen atoms in total. The number of rotatable bonds is 3. The fraction of sp³-hybridized carbons (Fsp3) is 0.158. The molecule has 2 aromatic carbocycles. The van der Waals surface area contributed by atoms with Crippen molar-refractivity contribution in [3.8, 4) is 0 Å². The lowest BCUT2D eigenvalue weighted by Crippen LogP contribution is -2.34. The first-order valence-electron chi connectivity index (χ1n) is 7.13. The number of carbonyl (C=O) groups excluding carboxylic acids is 1. The Hall–Kier alpha value is -2.48. The molecule has 0 radical (unpaired) electrons. The molecular formula is C19H18NO+. The van der Waals surface area contributed by atoms with Crippen molar-refractivity contribution in [2.24, 2.45) is 0 Å². The lowest BCUT2D eigenvalue weighted by atomic mass is 10.1. The van der Waals surface area contributed by atoms with E-state index in [0.717, 1.165) is 12.1 Å². The summed E-state index contributed by atoms with van der Waals surface area (Å²) in [5.41, 5.74) is 4.47. The van der Waals surface area contributed by atoms with Gasteiger partial charge in [-0.3, -0.25) is 4.79 Å². The van der Waals surface area contributed by atoms with Crippen LogP contribution in [0, 0.1) is 6.92 Å². The zero-order valence-electron chi connectivity index (χ0n) is 12.3. The van der Waals surface area contributed by atoms with Crippen molar-refractivity contribution in [2.45, 2.75) is 20.4 Å². The van der Waals surface area contributed by atoms with Gasteiger partial charge in [0.05, 0.1) is 0 Å². The smallest absolute Gasteiger partial charge is 0.213 e. The third-order valence-electron chi connectivity index (χ3n) is 3.86. The van der Waals surface area contributed by atoms with Gasteiger partial charge >= 0.3 is 0 Å². The molecule has 0 atom stereocenters. The van der Waals surface area contributed by atoms with Gasteiger partial charge in [0, 0.05) is 28.6 Å². The SMILES string of the molecule is CC(=O)c1ccc(C[n+]2ccc(C)c3ccccc32)cc1. The molecule has 0 aliphatic rings. The molecule has 0 spiro atoms. The highest BCUT2D eigenvalue weighted by Crippen LogP contribution is 2.14. The quantitative estimate of drug-likeness (QED) is 0.528. The Morgan fingerprint density at radius 3 is 2.43 bits per heavy atom. The van der Waals surface area contributed by atoms with Crippen LogP contribution in [-0.4, -0.2) is 5.78 Å². The van der Waals surface area contributed by atoms with Gasteiger partial charge < -0.3 is 0 Å². The minimum Gasteiger partial charge on any atom is -0.295 e. The Kier molecular flexibility index (Phi) is 3.53. The summed E-state index contributed by atoms with van der Waals surface area (Å²) < 4.78 is 2.24. The maximum Gasteiger partial charge on any atom is 0.213 e. The molecule has 0 N–H and O–H groups in total. The second-order valence-corrected chi connectivity index (χ2v) is 5.40. The van der Waals surface area contributed by atoms with Crippen LogP contribution in [0.15, 0.2) is 60.8 Å². The number of benzene rings is 2. The van der Waals surface area contributed by atoms with Crippen LogP contribution in [0.4, 0.5) is 0 Å². The molecule has 0 saturated carbocycles. The number of nitrogens with zero attached hydrogens (tertiary/aromatic N) is 1. The van der Waals surface area contributed by atoms with E-state index >= 15 is 0 Å². The molecule has 1 aromatic heterocycles. The van der Waals surface area contributed by atoms with E-state index in [9.17, 15) is 4.79 Å². The number of aryl methyl sites for hydroxylation is 1. The van der Waals surface area contributed by atoms with E-state index in [1.165, 1.54) is 22.0 Å². The van der Waals surface area contributed by atoms with Crippen LogP contribution in [0.5, 0.6) is 0 Å². The van der Waals surface area contributed by atoms with Gasteiger partial charge in [0.1, 0.15) is 0 Å². The van der Waals surface area contributed by atoms with Crippen LogP contribution in [0.1, 0.15) is 28.4 Å². The highest BCUT2D eigenvalue weighted by Gasteiger charge is 2.11. The fourth-order valence-corrected chi connectivity index (χ4v) is 2.61. The maximum atomic E-state index is 11.3. The van der Waals surface area contributed by atoms with Gasteiger partial charge in [-0.2, -0.15) is 4.57 Å². The van der Waals surface area contributed by atoms with Crippen molar-refractivity contribution in [1.82, 2.24) is 0 Å². The predicted molar refractivity (Wildman–Crippen MR) is 84.4 cm³/mol. The van der Waals surface area contributed by atoms with Crippen molar-refractivity contribution in [2.75, 3.05) is 0 Å². The monoisotopic (exact) mass is 276 g/mol. The molecule has 1 heterocycles. The highest BCUT2D eigenvalue weighted by atomic mass is 16.1. The molecule has 0 unspecified atom stereocenters. The first-order chi connectivity index (χ1) is 10.1. The Labute approximate surface area is 124 Å². The number of carbonyl (C=O) groups is 1. The van der Waals surface area contributed by atoms with Gasteiger partial charge in [-0.1, -0.05) is 36.4 Å². The number of ketones is 1. The van der Waals surface area contributed by atoms with E-state index in [-0.39, 0.29) is 5.78 Å². The number of pyridine rings is 1. The number of fused-ring (bicyclic) bond motifs is 1. The van der Waals surface area contributed by atoms with Crippen LogP contribution in [0.2, 0.25) is 0 Å². The Balaban J connectivity index is 1.98. The van der Waals surface area contributed by atoms with Gasteiger partial charge in [0.2, 0.25) is 5.52 Å². The second-order valence-electron chi connectivity index (χ2n) is 5.40. The van der Waals surface area contributed by atoms with Crippen LogP contribution in [0.3, 0.4) is 0 Å². The van der Waals surface area contributed by atoms with Crippen molar-refractivity contribution < 1.29 is 9.36 Å². The molecular weight excluding hydrogens is 258 g/mol. The standard InChI is InChI=1S/C19H18NO/c1-14-11-12-20(19-6-4-3-5-18(14)19)13-16-7-9-17(10-8-16)15(2)21/h3-12H,13H2,1-2H3/q+1. The maximum absolute atomic E-state index is 11.3. The van der Waals surface area contributed by atoms with Gasteiger partial charge in [0.15, 0.2) is 18.5 Å². The zero-order valence-corrected chi connectivity index (χ0v) is 12.3. The summed E-state index contributed by atoms with van der Waals surface area (Å²) in [6.07, 6.45) is 2.12. The topological polar surface area (TPSA) is 20.9 Å². The molecule has 0 aliphatic heterocycles. The molecule has 21 heavy (non-hydrogen) atoms. The normalized spacial score (nSPS) is 10.8. The minimum atomic E-state index is 0.106. The summed E-state index contributed by atoms with van der Waals surface area (Å²) in [6.45, 7) is 4.53. The van der Waals surface area contributed by atoms with Crippen molar-refractivity contribution in [3.63, 3.8) is 0 Å². The Morgan fingerprint density at radius 2 is 1.71 bits per heavy atom. The van der Waals surface area contributed by atoms with E-state index < -0.39 is 0 Å². The van der Waals surface area contributed by atoms with E-state index in [2.05, 4.69) is 48.0 Å². The predicted octanol–water partition coefficient (Wildman–Crippen LogP) is 3.69. The third-order valence-corrected chi connectivity index (χ3v) is 3.86. The van der Waals surface area contributed by atoms with E-state index in [4.69, 9.17) is 0 Å². The molecule has 0 aliphatic carbocycles. The van der Waals surface area contributed by atoms with Crippen LogP contribution >= 0.6 is 0 Å². The molecule has 104 valence electrons. The zero-order chi connectivity index (χ0) is 14.8. The van der Waals surface area contributed by atoms with Crippen LogP contribution in [0.25, 0.3) is 10.9 Å². The fourth-order valence-electron chi connectivity index (χ4n) is 2.61. The second kappa shape index (κ2) is 5.49. The van der Waals surface area contributed by atoms with E-state index in [1.54, 1.807) is 6.92 Å². The average Bonchev–Trinajstić information content (AvgIpc) is 2.51. The average molecular weight is 276 g/mol. The number of para-hydroxylation sites is 1. The molecule has 3 rings (SSSR count). The van der Waals surface area contributed by atoms with E-state index in [1.807, 2.05) is 24.3 Å². The number of hydrogen-bond acceptors (Lipinski definition) is 1. The summed E-state index contributed by atoms with van der Waals surface area (Å²) in [5, 5.41) is 1.28. The number of aromatic nitrogens is 1. The highest BCUT2D eigenvalue weighted by molar-refractivity contribution is 5.94. The summed E-state index contributed by atoms with van der Waals surface area (Å²) in [6, 6.07) is 18.4. The number of hydrogen-bond donors (Lipinski definition) is 0. The molecule has 0 fully saturated rings. The molecule has 0 amide bonds. The van der Waals surface area contributed by atoms with Crippen LogP contribution < -0.4 is 4.57 Å². The van der Waals surface area contributed by atoms with Gasteiger partial charge in [-0.05, 0) is 25.5 Å². The lowest BCUT2D eigenvalue weighted by molar-refractivity contribution is -0.662. The third kappa shape index (κ3) is 2.70. The van der Waals surface area contributed by atoms with Crippen LogP contribution in [-0.2, 0) is 6.54 Å². The molecule has 0 saturated heterocycles. The van der Waals surface area contributed by atoms with Crippen molar-refractivity contribution in [1.29, 1.82) is 0 Å². The molecule has 0 bridgehead atoms. The number of Topliss-reactive ketones (excluding diaryl/α,β-unsaturated/α-hetero) is 1. The molecule has 2 heteroatoms. The van der Waals surface area contributed by atoms with Gasteiger partial charge in [0.25, 0.3) is 0 Å². The van der Waals surface area contributed by atoms with Gasteiger partial charge in [-0.25, -0.2) is 0 Å². The lowest BCUT2D eigenvalue weighted by Gasteiger charge is -2.04. The Bertz CT molecular complexity index is 803. The Morgan fingerprint density at radius 1 is 1.00 bits per heavy atom. The first-order valence-corrected chi connectivity index (χ1v) is 7.13. The summed E-state index contributed by atoms with van der Waals surface area (Å²) >= 11 is 0. The van der Waals surface area contributed by atoms with Crippen molar-refractivity contribution in [3.05, 3.63) is 77.5 Å². The summed E-state index contributed by atoms with van der Waals surface area (Å²) in [7, 11) is 0. The van der Waals surface area contributed by atoms with Gasteiger partial charge in [-0.15, -0.1) is 0 Å². The molecule has 3 aromatic rings.